The van der Waals surface area contributed by atoms with E-state index in [1.165, 1.54) is 25.9 Å². The molecule has 0 spiro atoms. The van der Waals surface area contributed by atoms with E-state index in [4.69, 9.17) is 0 Å². The first kappa shape index (κ1) is 13.3. The van der Waals surface area contributed by atoms with Crippen molar-refractivity contribution in [1.29, 1.82) is 0 Å². The summed E-state index contributed by atoms with van der Waals surface area (Å²) in [6.07, 6.45) is 4.00. The van der Waals surface area contributed by atoms with Crippen LogP contribution in [-0.2, 0) is 0 Å². The van der Waals surface area contributed by atoms with Crippen molar-refractivity contribution in [3.05, 3.63) is 23.9 Å². The van der Waals surface area contributed by atoms with E-state index >= 15 is 0 Å². The molecule has 4 nitrogen and oxygen atoms in total. The van der Waals surface area contributed by atoms with Gasteiger partial charge in [0, 0.05) is 26.3 Å². The fourth-order valence-electron chi connectivity index (χ4n) is 2.31. The SMILES string of the molecule is C[C@@H](O)c1ccnc(N(C)CCN2CCCC2)c1. The van der Waals surface area contributed by atoms with Gasteiger partial charge in [0.1, 0.15) is 5.82 Å². The molecule has 0 radical (unpaired) electrons. The Hall–Kier alpha value is -1.13. The first-order valence-corrected chi connectivity index (χ1v) is 6.74. The molecular weight excluding hydrogens is 226 g/mol. The van der Waals surface area contributed by atoms with Gasteiger partial charge in [-0.25, -0.2) is 4.98 Å². The van der Waals surface area contributed by atoms with Crippen LogP contribution in [-0.4, -0.2) is 48.2 Å². The highest BCUT2D eigenvalue weighted by Crippen LogP contribution is 2.17. The number of likely N-dealkylation sites (N-methyl/N-ethyl adjacent to an activating group) is 1. The van der Waals surface area contributed by atoms with Gasteiger partial charge in [-0.05, 0) is 50.6 Å². The molecule has 0 amide bonds. The van der Waals surface area contributed by atoms with E-state index in [-0.39, 0.29) is 0 Å². The van der Waals surface area contributed by atoms with Crippen molar-refractivity contribution >= 4 is 5.82 Å². The number of pyridine rings is 1. The third kappa shape index (κ3) is 3.43. The van der Waals surface area contributed by atoms with Gasteiger partial charge in [-0.1, -0.05) is 0 Å². The second-order valence-corrected chi connectivity index (χ2v) is 5.09. The molecule has 1 aliphatic rings. The molecule has 1 fully saturated rings. The Balaban J connectivity index is 1.91. The number of rotatable bonds is 5. The molecule has 2 rings (SSSR count). The molecule has 1 N–H and O–H groups in total. The Morgan fingerprint density at radius 3 is 2.83 bits per heavy atom. The van der Waals surface area contributed by atoms with E-state index in [9.17, 15) is 5.11 Å². The predicted octanol–water partition coefficient (Wildman–Crippen LogP) is 1.67. The van der Waals surface area contributed by atoms with Gasteiger partial charge in [0.05, 0.1) is 6.10 Å². The van der Waals surface area contributed by atoms with Crippen LogP contribution in [0.2, 0.25) is 0 Å². The van der Waals surface area contributed by atoms with E-state index in [2.05, 4.69) is 21.8 Å². The summed E-state index contributed by atoms with van der Waals surface area (Å²) in [5.74, 6) is 0.938. The number of anilines is 1. The fraction of sp³-hybridized carbons (Fsp3) is 0.643. The lowest BCUT2D eigenvalue weighted by Gasteiger charge is -2.22. The van der Waals surface area contributed by atoms with Crippen molar-refractivity contribution in [2.24, 2.45) is 0 Å². The molecule has 1 aromatic rings. The molecule has 0 aromatic carbocycles. The van der Waals surface area contributed by atoms with Gasteiger partial charge < -0.3 is 14.9 Å². The lowest BCUT2D eigenvalue weighted by atomic mass is 10.2. The Labute approximate surface area is 109 Å². The normalized spacial score (nSPS) is 17.9. The third-order valence-corrected chi connectivity index (χ3v) is 3.59. The number of hydrogen-bond donors (Lipinski definition) is 1. The van der Waals surface area contributed by atoms with Crippen LogP contribution in [0.1, 0.15) is 31.4 Å². The predicted molar refractivity (Wildman–Crippen MR) is 73.8 cm³/mol. The second-order valence-electron chi connectivity index (χ2n) is 5.09. The topological polar surface area (TPSA) is 39.6 Å². The summed E-state index contributed by atoms with van der Waals surface area (Å²) >= 11 is 0. The molecule has 0 unspecified atom stereocenters. The molecule has 4 heteroatoms. The Bertz CT molecular complexity index is 375. The fourth-order valence-corrected chi connectivity index (χ4v) is 2.31. The van der Waals surface area contributed by atoms with E-state index in [0.717, 1.165) is 24.5 Å². The summed E-state index contributed by atoms with van der Waals surface area (Å²) in [4.78, 5) is 9.02. The van der Waals surface area contributed by atoms with Crippen LogP contribution >= 0.6 is 0 Å². The minimum Gasteiger partial charge on any atom is -0.389 e. The largest absolute Gasteiger partial charge is 0.389 e. The molecule has 2 heterocycles. The highest BCUT2D eigenvalue weighted by Gasteiger charge is 2.12. The Morgan fingerprint density at radius 2 is 2.17 bits per heavy atom. The molecule has 1 aliphatic heterocycles. The van der Waals surface area contributed by atoms with E-state index in [1.807, 2.05) is 12.1 Å². The van der Waals surface area contributed by atoms with Crippen molar-refractivity contribution in [2.75, 3.05) is 38.1 Å². The van der Waals surface area contributed by atoms with E-state index in [0.29, 0.717) is 0 Å². The van der Waals surface area contributed by atoms with Crippen LogP contribution in [0.25, 0.3) is 0 Å². The number of aliphatic hydroxyl groups excluding tert-OH is 1. The number of likely N-dealkylation sites (tertiary alicyclic amines) is 1. The van der Waals surface area contributed by atoms with Gasteiger partial charge in [-0.3, -0.25) is 0 Å². The first-order chi connectivity index (χ1) is 8.66. The standard InChI is InChI=1S/C14H23N3O/c1-12(18)13-5-6-15-14(11-13)16(2)9-10-17-7-3-4-8-17/h5-6,11-12,18H,3-4,7-10H2,1-2H3/t12-/m1/s1. The third-order valence-electron chi connectivity index (χ3n) is 3.59. The second kappa shape index (κ2) is 6.16. The van der Waals surface area contributed by atoms with Crippen molar-refractivity contribution in [3.8, 4) is 0 Å². The average molecular weight is 249 g/mol. The monoisotopic (exact) mass is 249 g/mol. The summed E-state index contributed by atoms with van der Waals surface area (Å²) in [5.41, 5.74) is 0.924. The van der Waals surface area contributed by atoms with Gasteiger partial charge >= 0.3 is 0 Å². The summed E-state index contributed by atoms with van der Waals surface area (Å²) in [6, 6.07) is 3.83. The molecule has 1 atom stereocenters. The maximum Gasteiger partial charge on any atom is 0.128 e. The highest BCUT2D eigenvalue weighted by molar-refractivity contribution is 5.40. The Morgan fingerprint density at radius 1 is 1.44 bits per heavy atom. The summed E-state index contributed by atoms with van der Waals surface area (Å²) in [5, 5.41) is 9.58. The number of nitrogens with zero attached hydrogens (tertiary/aromatic N) is 3. The quantitative estimate of drug-likeness (QED) is 0.861. The van der Waals surface area contributed by atoms with Crippen LogP contribution in [0.3, 0.4) is 0 Å². The zero-order valence-electron chi connectivity index (χ0n) is 11.3. The minimum absolute atomic E-state index is 0.432. The number of aromatic nitrogens is 1. The molecule has 0 bridgehead atoms. The molecule has 0 saturated carbocycles. The molecule has 1 saturated heterocycles. The lowest BCUT2D eigenvalue weighted by molar-refractivity contribution is 0.199. The Kier molecular flexibility index (Phi) is 4.55. The highest BCUT2D eigenvalue weighted by atomic mass is 16.3. The maximum absolute atomic E-state index is 9.58. The van der Waals surface area contributed by atoms with Gasteiger partial charge in [0.2, 0.25) is 0 Å². The van der Waals surface area contributed by atoms with Crippen molar-refractivity contribution in [2.45, 2.75) is 25.9 Å². The van der Waals surface area contributed by atoms with Crippen LogP contribution < -0.4 is 4.90 Å². The van der Waals surface area contributed by atoms with Gasteiger partial charge in [-0.2, -0.15) is 0 Å². The maximum atomic E-state index is 9.58. The average Bonchev–Trinajstić information content (AvgIpc) is 2.89. The minimum atomic E-state index is -0.432. The summed E-state index contributed by atoms with van der Waals surface area (Å²) in [7, 11) is 2.06. The zero-order valence-corrected chi connectivity index (χ0v) is 11.3. The van der Waals surface area contributed by atoms with E-state index in [1.54, 1.807) is 13.1 Å². The molecule has 100 valence electrons. The van der Waals surface area contributed by atoms with Crippen LogP contribution in [0.15, 0.2) is 18.3 Å². The summed E-state index contributed by atoms with van der Waals surface area (Å²) < 4.78 is 0. The molecule has 1 aromatic heterocycles. The van der Waals surface area contributed by atoms with Crippen molar-refractivity contribution < 1.29 is 5.11 Å². The zero-order chi connectivity index (χ0) is 13.0. The van der Waals surface area contributed by atoms with Gasteiger partial charge in [0.15, 0.2) is 0 Å². The molecular formula is C14H23N3O. The van der Waals surface area contributed by atoms with Crippen molar-refractivity contribution in [1.82, 2.24) is 9.88 Å². The van der Waals surface area contributed by atoms with Gasteiger partial charge in [0.25, 0.3) is 0 Å². The van der Waals surface area contributed by atoms with Crippen LogP contribution in [0, 0.1) is 0 Å². The van der Waals surface area contributed by atoms with Crippen LogP contribution in [0.5, 0.6) is 0 Å². The summed E-state index contributed by atoms with van der Waals surface area (Å²) in [6.45, 7) is 6.32. The first-order valence-electron chi connectivity index (χ1n) is 6.74. The number of aliphatic hydroxyl groups is 1. The van der Waals surface area contributed by atoms with E-state index < -0.39 is 6.10 Å². The van der Waals surface area contributed by atoms with Crippen molar-refractivity contribution in [3.63, 3.8) is 0 Å². The smallest absolute Gasteiger partial charge is 0.128 e. The number of hydrogen-bond acceptors (Lipinski definition) is 4. The molecule has 18 heavy (non-hydrogen) atoms. The molecule has 0 aliphatic carbocycles. The van der Waals surface area contributed by atoms with Crippen LogP contribution in [0.4, 0.5) is 5.82 Å². The lowest BCUT2D eigenvalue weighted by Crippen LogP contribution is -2.31. The van der Waals surface area contributed by atoms with Gasteiger partial charge in [-0.15, -0.1) is 0 Å².